The van der Waals surface area contributed by atoms with E-state index in [9.17, 15) is 0 Å². The molecule has 17 aromatic rings. The number of hydrogen-bond donors (Lipinski definition) is 12. The van der Waals surface area contributed by atoms with Crippen LogP contribution in [0.1, 0.15) is 148 Å². The Kier molecular flexibility index (Phi) is 34.3. The number of fused-ring (bicyclic) bond motifs is 7. The monoisotopic (exact) mass is 2280 g/mol. The standard InChI is InChI=1S/C20H17BrN4.C15H15BrN4.2C13H18BrN5.2C12H16BrN5.C10H13BrN6/c21-18-13-23-25-19(22)12-17(24-20(18)25)11-8-14-6-9-16(10-7-14)15-4-2-1-3-5-15;16-13-10-18-20-14(17)9-12(19-15(13)20)8-4-7-11-5-2-1-3-6-11;2*14-11-8-17-19-12(15)7-10(18-13(11)19)4-1-3-9-5-2-6-16-9;2*13-10-7-16-18-11(14)6-9(17-12(10)18)4-3-8-2-1-5-15-8;11-7-4-14-17-8(13)3-9(15-10(7)17)16-2-1-6(12)5-16/h1-7,9-10,12-13H,8,11,22H2;1-3,5-6,9-10H,4,7-8,17H2;2*7-9,16H,1-6,15H2;2*6-8,15H,1-5,14H2;3-4,6H,1-2,5,12-13H2/t;;2*9-;2*8-;6-/m..10100/s1. The van der Waals surface area contributed by atoms with Crippen LogP contribution in [0.15, 0.2) is 202 Å². The Morgan fingerprint density at radius 2 is 0.574 bits per heavy atom. The first kappa shape index (κ1) is 98.6. The second-order valence-corrected chi connectivity index (χ2v) is 40.6. The summed E-state index contributed by atoms with van der Waals surface area (Å²) in [6.45, 7) is 6.39. The van der Waals surface area contributed by atoms with Crippen LogP contribution in [0.5, 0.6) is 0 Å². The Balaban J connectivity index is 0.000000115. The van der Waals surface area contributed by atoms with Crippen LogP contribution in [0.3, 0.4) is 0 Å². The average Bonchev–Trinajstić information content (AvgIpc) is 1.66. The summed E-state index contributed by atoms with van der Waals surface area (Å²) in [6.07, 6.45) is 38.9. The number of nitrogens with two attached hydrogens (primary N) is 8. The van der Waals surface area contributed by atoms with Gasteiger partial charge in [-0.15, -0.1) is 0 Å². The van der Waals surface area contributed by atoms with Crippen LogP contribution in [-0.4, -0.2) is 172 Å². The molecule has 0 aliphatic carbocycles. The predicted octanol–water partition coefficient (Wildman–Crippen LogP) is 16.2. The first-order valence-electron chi connectivity index (χ1n) is 46.2. The van der Waals surface area contributed by atoms with E-state index in [0.29, 0.717) is 64.9 Å². The molecule has 0 saturated carbocycles. The van der Waals surface area contributed by atoms with Crippen molar-refractivity contribution in [2.24, 2.45) is 5.73 Å². The fourth-order valence-corrected chi connectivity index (χ4v) is 20.0. The molecule has 20 N–H and O–H groups in total. The van der Waals surface area contributed by atoms with Crippen LogP contribution in [0.25, 0.3) is 50.7 Å². The number of nitrogens with one attached hydrogen (secondary N) is 4. The van der Waals surface area contributed by atoms with E-state index in [1.165, 1.54) is 99.6 Å². The van der Waals surface area contributed by atoms with Gasteiger partial charge in [-0.1, -0.05) is 84.9 Å². The largest absolute Gasteiger partial charge is 0.384 e. The summed E-state index contributed by atoms with van der Waals surface area (Å²) in [5.41, 5.74) is 64.6. The zero-order valence-electron chi connectivity index (χ0n) is 75.4. The first-order chi connectivity index (χ1) is 66.0. The third-order valence-corrected chi connectivity index (χ3v) is 28.6. The highest BCUT2D eigenvalue weighted by molar-refractivity contribution is 9.11. The summed E-state index contributed by atoms with van der Waals surface area (Å²) in [6, 6.07) is 45.8. The molecule has 712 valence electrons. The molecule has 19 heterocycles. The lowest BCUT2D eigenvalue weighted by Crippen LogP contribution is -2.27. The Morgan fingerprint density at radius 3 is 0.897 bits per heavy atom. The molecule has 5 fully saturated rings. The molecule has 34 nitrogen and oxygen atoms in total. The number of nitrogens with zero attached hydrogens (tertiary/aromatic N) is 22. The van der Waals surface area contributed by atoms with Crippen molar-refractivity contribution in [1.29, 1.82) is 0 Å². The summed E-state index contributed by atoms with van der Waals surface area (Å²) in [4.78, 5) is 34.4. The van der Waals surface area contributed by atoms with Crippen molar-refractivity contribution in [3.63, 3.8) is 0 Å². The van der Waals surface area contributed by atoms with E-state index in [2.05, 4.69) is 281 Å². The van der Waals surface area contributed by atoms with E-state index < -0.39 is 0 Å². The fourth-order valence-electron chi connectivity index (χ4n) is 17.5. The number of anilines is 8. The minimum Gasteiger partial charge on any atom is -0.384 e. The van der Waals surface area contributed by atoms with Crippen LogP contribution in [0.2, 0.25) is 0 Å². The Bertz CT molecular complexity index is 6610. The highest BCUT2D eigenvalue weighted by Gasteiger charge is 2.25. The summed E-state index contributed by atoms with van der Waals surface area (Å²) >= 11 is 24.1. The Hall–Kier alpha value is -10.4. The van der Waals surface area contributed by atoms with Gasteiger partial charge in [0.2, 0.25) is 0 Å². The van der Waals surface area contributed by atoms with E-state index in [0.717, 1.165) is 227 Å². The lowest BCUT2D eigenvalue weighted by Gasteiger charge is -2.17. The van der Waals surface area contributed by atoms with Crippen LogP contribution in [-0.2, 0) is 51.4 Å². The minimum atomic E-state index is 0.225. The summed E-state index contributed by atoms with van der Waals surface area (Å²) in [7, 11) is 0. The van der Waals surface area contributed by atoms with Crippen LogP contribution >= 0.6 is 112 Å². The highest BCUT2D eigenvalue weighted by atomic mass is 79.9. The molecule has 22 rings (SSSR count). The molecule has 5 aliphatic rings. The lowest BCUT2D eigenvalue weighted by atomic mass is 10.0. The molecule has 41 heteroatoms. The smallest absolute Gasteiger partial charge is 0.173 e. The SMILES string of the molecule is Nc1cc(CCC[C@@H]2CCCN2)nc2c(Br)cnn12.Nc1cc(CCC[C@H]2CCCN2)nc2c(Br)cnn12.Nc1cc(CCCc2ccccc2)nc2c(Br)cnn12.Nc1cc(CC[C@@H]2CCCN2)nc2c(Br)cnn12.Nc1cc(CC[C@H]2CCCN2)nc2c(Br)cnn12.Nc1cc(CCc2ccc(-c3ccccc3)cc2)nc2c(Br)cnn12.Nc1cc(N2CC[C@H](N)C2)nc2c(Br)cnn12. The van der Waals surface area contributed by atoms with Gasteiger partial charge in [0.25, 0.3) is 0 Å². The highest BCUT2D eigenvalue weighted by Crippen LogP contribution is 2.31. The minimum absolute atomic E-state index is 0.225. The van der Waals surface area contributed by atoms with E-state index in [1.807, 2.05) is 54.6 Å². The van der Waals surface area contributed by atoms with Gasteiger partial charge in [0.1, 0.15) is 46.5 Å². The van der Waals surface area contributed by atoms with Gasteiger partial charge in [0.15, 0.2) is 39.5 Å². The second-order valence-electron chi connectivity index (χ2n) is 34.6. The molecular formula is C95H113Br7N34. The number of hydrogen-bond acceptors (Lipinski definition) is 27. The molecule has 14 aromatic heterocycles. The second kappa shape index (κ2) is 47.3. The topological polar surface area (TPSA) is 471 Å². The maximum absolute atomic E-state index is 6.06. The number of halogens is 7. The maximum Gasteiger partial charge on any atom is 0.173 e. The van der Waals surface area contributed by atoms with Gasteiger partial charge in [0.05, 0.1) is 74.7 Å². The van der Waals surface area contributed by atoms with E-state index in [1.54, 1.807) is 75.0 Å². The maximum atomic E-state index is 6.06. The summed E-state index contributed by atoms with van der Waals surface area (Å²) in [5.74, 6) is 5.23. The van der Waals surface area contributed by atoms with Gasteiger partial charge in [-0.25, -0.2) is 34.9 Å². The zero-order chi connectivity index (χ0) is 94.7. The predicted molar refractivity (Wildman–Crippen MR) is 565 cm³/mol. The summed E-state index contributed by atoms with van der Waals surface area (Å²) < 4.78 is 17.6. The number of aromatic nitrogens is 21. The third-order valence-electron chi connectivity index (χ3n) is 24.6. The van der Waals surface area contributed by atoms with E-state index in [4.69, 9.17) is 45.9 Å². The van der Waals surface area contributed by atoms with Gasteiger partial charge in [-0.05, 0) is 314 Å². The number of nitrogen functional groups attached to an aromatic ring is 7. The van der Waals surface area contributed by atoms with Crippen molar-refractivity contribution in [1.82, 2.24) is 123 Å². The van der Waals surface area contributed by atoms with Crippen molar-refractivity contribution < 1.29 is 0 Å². The van der Waals surface area contributed by atoms with E-state index in [-0.39, 0.29) is 6.04 Å². The van der Waals surface area contributed by atoms with Crippen molar-refractivity contribution >= 4 is 198 Å². The fraction of sp³-hybridized carbons (Fsp3) is 0.368. The van der Waals surface area contributed by atoms with Gasteiger partial charge < -0.3 is 72.0 Å². The van der Waals surface area contributed by atoms with Crippen molar-refractivity contribution in [2.75, 3.05) is 84.3 Å². The summed E-state index contributed by atoms with van der Waals surface area (Å²) in [5, 5.41) is 43.2. The lowest BCUT2D eigenvalue weighted by molar-refractivity contribution is 0.534. The number of aryl methyl sites for hydroxylation is 8. The molecular weight excluding hydrogens is 2180 g/mol. The molecule has 0 spiro atoms. The molecule has 3 aromatic carbocycles. The quantitative estimate of drug-likeness (QED) is 0.0283. The normalized spacial score (nSPS) is 16.8. The van der Waals surface area contributed by atoms with Gasteiger partial charge in [-0.3, -0.25) is 0 Å². The molecule has 0 radical (unpaired) electrons. The van der Waals surface area contributed by atoms with E-state index >= 15 is 0 Å². The van der Waals surface area contributed by atoms with Crippen molar-refractivity contribution in [3.8, 4) is 11.1 Å². The Labute approximate surface area is 846 Å². The molecule has 136 heavy (non-hydrogen) atoms. The zero-order valence-corrected chi connectivity index (χ0v) is 86.5. The van der Waals surface area contributed by atoms with Crippen molar-refractivity contribution in [3.05, 3.63) is 247 Å². The van der Waals surface area contributed by atoms with Gasteiger partial charge in [0, 0.05) is 120 Å². The van der Waals surface area contributed by atoms with Crippen LogP contribution < -0.4 is 72.0 Å². The molecule has 0 amide bonds. The first-order valence-corrected chi connectivity index (χ1v) is 51.7. The van der Waals surface area contributed by atoms with Gasteiger partial charge in [-0.2, -0.15) is 67.3 Å². The molecule has 5 atom stereocenters. The Morgan fingerprint density at radius 1 is 0.287 bits per heavy atom. The van der Waals surface area contributed by atoms with Crippen molar-refractivity contribution in [2.45, 2.75) is 184 Å². The average molecular weight is 2290 g/mol. The molecule has 5 saturated heterocycles. The van der Waals surface area contributed by atoms with Gasteiger partial charge >= 0.3 is 0 Å². The van der Waals surface area contributed by atoms with Crippen LogP contribution in [0, 0.1) is 0 Å². The third kappa shape index (κ3) is 25.7. The molecule has 5 aliphatic heterocycles. The molecule has 0 unspecified atom stereocenters. The van der Waals surface area contributed by atoms with Crippen LogP contribution in [0.4, 0.5) is 46.5 Å². The number of benzene rings is 3. The molecule has 0 bridgehead atoms. The number of rotatable bonds is 23.